The van der Waals surface area contributed by atoms with Crippen LogP contribution in [-0.2, 0) is 9.53 Å². The van der Waals surface area contributed by atoms with Gasteiger partial charge in [0, 0.05) is 22.5 Å². The maximum atomic E-state index is 11.3. The molecule has 0 aromatic heterocycles. The molecule has 0 spiro atoms. The second-order valence-corrected chi connectivity index (χ2v) is 5.25. The van der Waals surface area contributed by atoms with Gasteiger partial charge in [0.05, 0.1) is 0 Å². The Balaban J connectivity index is 2.31. The summed E-state index contributed by atoms with van der Waals surface area (Å²) in [7, 11) is 0. The third-order valence-corrected chi connectivity index (χ3v) is 3.55. The minimum absolute atomic E-state index is 0.372. The Hall–Kier alpha value is -1.77. The molecule has 0 heterocycles. The molecule has 0 saturated heterocycles. The third kappa shape index (κ3) is 4.35. The summed E-state index contributed by atoms with van der Waals surface area (Å²) in [6.07, 6.45) is 3.04. The molecule has 0 saturated carbocycles. The summed E-state index contributed by atoms with van der Waals surface area (Å²) in [6.45, 7) is 1.37. The van der Waals surface area contributed by atoms with Crippen LogP contribution >= 0.6 is 23.2 Å². The molecule has 2 nitrogen and oxygen atoms in total. The van der Waals surface area contributed by atoms with Crippen molar-refractivity contribution in [2.24, 2.45) is 0 Å². The Morgan fingerprint density at radius 2 is 1.67 bits per heavy atom. The van der Waals surface area contributed by atoms with E-state index in [0.717, 1.165) is 11.1 Å². The first kappa shape index (κ1) is 15.6. The van der Waals surface area contributed by atoms with Crippen LogP contribution in [0.2, 0.25) is 10.0 Å². The lowest BCUT2D eigenvalue weighted by atomic mass is 10.1. The summed E-state index contributed by atoms with van der Waals surface area (Å²) in [4.78, 5) is 11.3. The van der Waals surface area contributed by atoms with E-state index >= 15 is 0 Å². The molecule has 2 aromatic carbocycles. The fraction of sp³-hybridized carbons (Fsp3) is 0.118. The maximum absolute atomic E-state index is 11.3. The molecule has 2 rings (SSSR count). The summed E-state index contributed by atoms with van der Waals surface area (Å²) >= 11 is 12.3. The van der Waals surface area contributed by atoms with Crippen LogP contribution in [0.4, 0.5) is 0 Å². The van der Waals surface area contributed by atoms with Crippen LogP contribution in [0.25, 0.3) is 6.08 Å². The first-order chi connectivity index (χ1) is 10.1. The van der Waals surface area contributed by atoms with Crippen molar-refractivity contribution in [1.82, 2.24) is 0 Å². The number of hydrogen-bond donors (Lipinski definition) is 0. The summed E-state index contributed by atoms with van der Waals surface area (Å²) in [5.74, 6) is -0.372. The lowest BCUT2D eigenvalue weighted by molar-refractivity contribution is -0.144. The summed E-state index contributed by atoms with van der Waals surface area (Å²) in [6, 6.07) is 14.7. The van der Waals surface area contributed by atoms with E-state index < -0.39 is 6.10 Å². The number of rotatable bonds is 4. The van der Waals surface area contributed by atoms with Gasteiger partial charge < -0.3 is 4.74 Å². The van der Waals surface area contributed by atoms with Crippen molar-refractivity contribution in [3.63, 3.8) is 0 Å². The molecular formula is C17H14Cl2O2. The van der Waals surface area contributed by atoms with Crippen molar-refractivity contribution in [3.05, 3.63) is 75.8 Å². The minimum Gasteiger partial charge on any atom is -0.453 e. The molecule has 0 N–H and O–H groups in total. The lowest BCUT2D eigenvalue weighted by Gasteiger charge is -2.15. The van der Waals surface area contributed by atoms with Crippen molar-refractivity contribution in [3.8, 4) is 0 Å². The van der Waals surface area contributed by atoms with Crippen LogP contribution in [0, 0.1) is 0 Å². The van der Waals surface area contributed by atoms with Crippen LogP contribution in [0.3, 0.4) is 0 Å². The Labute approximate surface area is 134 Å². The van der Waals surface area contributed by atoms with Gasteiger partial charge in [-0.15, -0.1) is 0 Å². The number of ether oxygens (including phenoxy) is 1. The fourth-order valence-corrected chi connectivity index (χ4v) is 2.33. The van der Waals surface area contributed by atoms with Crippen LogP contribution in [-0.4, -0.2) is 5.97 Å². The largest absolute Gasteiger partial charge is 0.453 e. The molecular weight excluding hydrogens is 307 g/mol. The van der Waals surface area contributed by atoms with Crippen LogP contribution in [0.15, 0.2) is 54.6 Å². The van der Waals surface area contributed by atoms with Gasteiger partial charge >= 0.3 is 5.97 Å². The average molecular weight is 321 g/mol. The van der Waals surface area contributed by atoms with Crippen molar-refractivity contribution < 1.29 is 9.53 Å². The van der Waals surface area contributed by atoms with E-state index in [9.17, 15) is 4.79 Å². The van der Waals surface area contributed by atoms with E-state index in [4.69, 9.17) is 27.9 Å². The Bertz CT molecular complexity index is 665. The molecule has 0 bridgehead atoms. The second-order valence-electron chi connectivity index (χ2n) is 4.43. The maximum Gasteiger partial charge on any atom is 0.303 e. The molecule has 4 heteroatoms. The standard InChI is InChI=1S/C17H14Cl2O2/c1-12(20)21-17(14-7-3-5-9-16(14)19)11-10-13-6-2-4-8-15(13)18/h2-11,17H,1H3/b11-10+. The van der Waals surface area contributed by atoms with Gasteiger partial charge in [-0.05, 0) is 23.8 Å². The zero-order valence-corrected chi connectivity index (χ0v) is 12.9. The number of halogens is 2. The monoisotopic (exact) mass is 320 g/mol. The predicted octanol–water partition coefficient (Wildman–Crippen LogP) is 5.31. The molecule has 1 atom stereocenters. The van der Waals surface area contributed by atoms with Crippen molar-refractivity contribution in [2.45, 2.75) is 13.0 Å². The van der Waals surface area contributed by atoms with E-state index in [-0.39, 0.29) is 5.97 Å². The van der Waals surface area contributed by atoms with E-state index in [2.05, 4.69) is 0 Å². The number of carbonyl (C=O) groups excluding carboxylic acids is 1. The zero-order chi connectivity index (χ0) is 15.2. The topological polar surface area (TPSA) is 26.3 Å². The van der Waals surface area contributed by atoms with E-state index in [0.29, 0.717) is 10.0 Å². The smallest absolute Gasteiger partial charge is 0.303 e. The lowest BCUT2D eigenvalue weighted by Crippen LogP contribution is -2.06. The second kappa shape index (κ2) is 7.30. The van der Waals surface area contributed by atoms with Gasteiger partial charge in [0.15, 0.2) is 0 Å². The number of carbonyl (C=O) groups is 1. The highest BCUT2D eigenvalue weighted by Crippen LogP contribution is 2.28. The van der Waals surface area contributed by atoms with Crippen LogP contribution in [0.5, 0.6) is 0 Å². The molecule has 0 aliphatic heterocycles. The predicted molar refractivity (Wildman–Crippen MR) is 86.4 cm³/mol. The number of esters is 1. The molecule has 0 radical (unpaired) electrons. The SMILES string of the molecule is CC(=O)OC(/C=C/c1ccccc1Cl)c1ccccc1Cl. The highest BCUT2D eigenvalue weighted by molar-refractivity contribution is 6.32. The zero-order valence-electron chi connectivity index (χ0n) is 11.4. The summed E-state index contributed by atoms with van der Waals surface area (Å²) < 4.78 is 5.33. The highest BCUT2D eigenvalue weighted by Gasteiger charge is 2.14. The molecule has 0 fully saturated rings. The quantitative estimate of drug-likeness (QED) is 0.713. The van der Waals surface area contributed by atoms with E-state index in [1.807, 2.05) is 42.5 Å². The average Bonchev–Trinajstić information content (AvgIpc) is 2.45. The van der Waals surface area contributed by atoms with Gasteiger partial charge in [-0.1, -0.05) is 65.7 Å². The van der Waals surface area contributed by atoms with Gasteiger partial charge in [-0.3, -0.25) is 4.79 Å². The van der Waals surface area contributed by atoms with Gasteiger partial charge in [-0.2, -0.15) is 0 Å². The van der Waals surface area contributed by atoms with Crippen LogP contribution < -0.4 is 0 Å². The summed E-state index contributed by atoms with van der Waals surface area (Å²) in [5.41, 5.74) is 1.58. The number of benzene rings is 2. The van der Waals surface area contributed by atoms with Gasteiger partial charge in [0.2, 0.25) is 0 Å². The Morgan fingerprint density at radius 1 is 1.05 bits per heavy atom. The van der Waals surface area contributed by atoms with E-state index in [1.165, 1.54) is 6.92 Å². The van der Waals surface area contributed by atoms with Gasteiger partial charge in [-0.25, -0.2) is 0 Å². The Morgan fingerprint density at radius 3 is 2.29 bits per heavy atom. The summed E-state index contributed by atoms with van der Waals surface area (Å²) in [5, 5.41) is 1.18. The first-order valence-corrected chi connectivity index (χ1v) is 7.18. The van der Waals surface area contributed by atoms with Crippen molar-refractivity contribution in [2.75, 3.05) is 0 Å². The van der Waals surface area contributed by atoms with Crippen molar-refractivity contribution >= 4 is 35.2 Å². The van der Waals surface area contributed by atoms with E-state index in [1.54, 1.807) is 18.2 Å². The molecule has 1 unspecified atom stereocenters. The fourth-order valence-electron chi connectivity index (χ4n) is 1.89. The third-order valence-electron chi connectivity index (χ3n) is 2.86. The van der Waals surface area contributed by atoms with Crippen molar-refractivity contribution in [1.29, 1.82) is 0 Å². The molecule has 2 aromatic rings. The molecule has 0 amide bonds. The van der Waals surface area contributed by atoms with Gasteiger partial charge in [0.25, 0.3) is 0 Å². The first-order valence-electron chi connectivity index (χ1n) is 6.42. The number of hydrogen-bond acceptors (Lipinski definition) is 2. The minimum atomic E-state index is -0.549. The highest BCUT2D eigenvalue weighted by atomic mass is 35.5. The van der Waals surface area contributed by atoms with Crippen LogP contribution in [0.1, 0.15) is 24.2 Å². The molecule has 0 aliphatic carbocycles. The Kier molecular flexibility index (Phi) is 5.43. The molecule has 108 valence electrons. The normalized spacial score (nSPS) is 12.3. The molecule has 0 aliphatic rings. The molecule has 21 heavy (non-hydrogen) atoms. The van der Waals surface area contributed by atoms with Gasteiger partial charge in [0.1, 0.15) is 6.10 Å².